The summed E-state index contributed by atoms with van der Waals surface area (Å²) < 4.78 is 0. The Morgan fingerprint density at radius 2 is 2.00 bits per heavy atom. The highest BCUT2D eigenvalue weighted by Crippen LogP contribution is 2.17. The first-order valence-electron chi connectivity index (χ1n) is 6.20. The minimum absolute atomic E-state index is 0.213. The number of nitrogen functional groups attached to an aromatic ring is 1. The molecular weight excluding hydrogens is 230 g/mol. The van der Waals surface area contributed by atoms with E-state index in [1.54, 1.807) is 13.0 Å². The van der Waals surface area contributed by atoms with Crippen molar-refractivity contribution in [1.82, 2.24) is 9.97 Å². The summed E-state index contributed by atoms with van der Waals surface area (Å²) in [4.78, 5) is 8.66. The number of hydrogen-bond donors (Lipinski definition) is 4. The molecule has 0 fully saturated rings. The van der Waals surface area contributed by atoms with Crippen molar-refractivity contribution in [2.45, 2.75) is 45.6 Å². The van der Waals surface area contributed by atoms with Crippen LogP contribution in [0.15, 0.2) is 6.07 Å². The van der Waals surface area contributed by atoms with Gasteiger partial charge in [0.1, 0.15) is 17.5 Å². The minimum Gasteiger partial charge on any atom is -0.388 e. The monoisotopic (exact) mass is 253 g/mol. The molecule has 18 heavy (non-hydrogen) atoms. The molecule has 1 aromatic rings. The molecule has 6 heteroatoms. The van der Waals surface area contributed by atoms with E-state index in [0.717, 1.165) is 0 Å². The molecule has 5 N–H and O–H groups in total. The van der Waals surface area contributed by atoms with Crippen LogP contribution < -0.4 is 16.6 Å². The van der Waals surface area contributed by atoms with Crippen molar-refractivity contribution in [3.8, 4) is 0 Å². The van der Waals surface area contributed by atoms with Crippen molar-refractivity contribution in [3.05, 3.63) is 11.9 Å². The van der Waals surface area contributed by atoms with Crippen molar-refractivity contribution in [2.75, 3.05) is 17.3 Å². The number of hydrazine groups is 1. The smallest absolute Gasteiger partial charge is 0.145 e. The Bertz CT molecular complexity index is 392. The average Bonchev–Trinajstić information content (AvgIpc) is 2.36. The van der Waals surface area contributed by atoms with Crippen molar-refractivity contribution in [2.24, 2.45) is 5.84 Å². The maximum Gasteiger partial charge on any atom is 0.145 e. The molecule has 0 amide bonds. The average molecular weight is 253 g/mol. The van der Waals surface area contributed by atoms with Crippen molar-refractivity contribution < 1.29 is 5.11 Å². The Labute approximate surface area is 108 Å². The van der Waals surface area contributed by atoms with Crippen molar-refractivity contribution in [1.29, 1.82) is 0 Å². The lowest BCUT2D eigenvalue weighted by Gasteiger charge is -2.22. The van der Waals surface area contributed by atoms with E-state index in [1.807, 2.05) is 20.8 Å². The third kappa shape index (κ3) is 4.12. The molecule has 0 aromatic carbocycles. The first-order chi connectivity index (χ1) is 8.38. The van der Waals surface area contributed by atoms with Gasteiger partial charge in [-0.15, -0.1) is 0 Å². The van der Waals surface area contributed by atoms with Gasteiger partial charge in [0.15, 0.2) is 0 Å². The van der Waals surface area contributed by atoms with Crippen molar-refractivity contribution in [3.63, 3.8) is 0 Å². The molecule has 0 aliphatic rings. The predicted molar refractivity (Wildman–Crippen MR) is 73.3 cm³/mol. The quantitative estimate of drug-likeness (QED) is 0.453. The van der Waals surface area contributed by atoms with E-state index in [9.17, 15) is 5.11 Å². The van der Waals surface area contributed by atoms with Crippen LogP contribution in [-0.4, -0.2) is 27.2 Å². The van der Waals surface area contributed by atoms with E-state index in [0.29, 0.717) is 30.4 Å². The van der Waals surface area contributed by atoms with Gasteiger partial charge in [0.2, 0.25) is 0 Å². The van der Waals surface area contributed by atoms with Crippen LogP contribution >= 0.6 is 0 Å². The zero-order valence-electron chi connectivity index (χ0n) is 11.5. The lowest BCUT2D eigenvalue weighted by Crippen LogP contribution is -2.32. The molecule has 0 spiro atoms. The topological polar surface area (TPSA) is 96.1 Å². The van der Waals surface area contributed by atoms with Gasteiger partial charge in [-0.1, -0.05) is 20.8 Å². The summed E-state index contributed by atoms with van der Waals surface area (Å²) in [7, 11) is 0. The van der Waals surface area contributed by atoms with Crippen LogP contribution in [0.3, 0.4) is 0 Å². The number of aliphatic hydroxyl groups is 1. The van der Waals surface area contributed by atoms with Crippen LogP contribution in [-0.2, 0) is 0 Å². The molecule has 1 aromatic heterocycles. The lowest BCUT2D eigenvalue weighted by atomic mass is 10.0. The SMILES string of the molecule is CCC(C)(O)CNc1cc(NN)nc(C(C)C)n1. The molecule has 6 nitrogen and oxygen atoms in total. The molecule has 0 aliphatic carbocycles. The zero-order valence-corrected chi connectivity index (χ0v) is 11.5. The van der Waals surface area contributed by atoms with E-state index < -0.39 is 5.60 Å². The number of nitrogens with one attached hydrogen (secondary N) is 2. The van der Waals surface area contributed by atoms with E-state index in [2.05, 4.69) is 20.7 Å². The Balaban J connectivity index is 2.85. The molecule has 1 atom stereocenters. The molecule has 0 radical (unpaired) electrons. The summed E-state index contributed by atoms with van der Waals surface area (Å²) in [6, 6.07) is 1.72. The maximum absolute atomic E-state index is 9.94. The van der Waals surface area contributed by atoms with Gasteiger partial charge in [-0.3, -0.25) is 0 Å². The summed E-state index contributed by atoms with van der Waals surface area (Å²) in [6.45, 7) is 8.19. The fourth-order valence-corrected chi connectivity index (χ4v) is 1.29. The summed E-state index contributed by atoms with van der Waals surface area (Å²) >= 11 is 0. The van der Waals surface area contributed by atoms with Crippen LogP contribution in [0, 0.1) is 0 Å². The number of hydrogen-bond acceptors (Lipinski definition) is 6. The van der Waals surface area contributed by atoms with Crippen LogP contribution in [0.4, 0.5) is 11.6 Å². The van der Waals surface area contributed by atoms with Crippen LogP contribution in [0.25, 0.3) is 0 Å². The summed E-state index contributed by atoms with van der Waals surface area (Å²) in [6.07, 6.45) is 0.671. The number of anilines is 2. The fourth-order valence-electron chi connectivity index (χ4n) is 1.29. The Morgan fingerprint density at radius 3 is 2.50 bits per heavy atom. The second-order valence-electron chi connectivity index (χ2n) is 5.00. The molecule has 0 aliphatic heterocycles. The lowest BCUT2D eigenvalue weighted by molar-refractivity contribution is 0.0696. The zero-order chi connectivity index (χ0) is 13.8. The largest absolute Gasteiger partial charge is 0.388 e. The molecule has 102 valence electrons. The standard InChI is InChI=1S/C12H23N5O/c1-5-12(4,18)7-14-9-6-10(17-13)16-11(15-9)8(2)3/h6,8,18H,5,7,13H2,1-4H3,(H2,14,15,16,17). The molecular formula is C12H23N5O. The van der Waals surface area contributed by atoms with Gasteiger partial charge in [0.25, 0.3) is 0 Å². The minimum atomic E-state index is -0.751. The highest BCUT2D eigenvalue weighted by Gasteiger charge is 2.17. The van der Waals surface area contributed by atoms with Gasteiger partial charge in [-0.05, 0) is 13.3 Å². The number of aromatic nitrogens is 2. The third-order valence-corrected chi connectivity index (χ3v) is 2.82. The number of nitrogens with two attached hydrogens (primary N) is 1. The van der Waals surface area contributed by atoms with E-state index in [-0.39, 0.29) is 5.92 Å². The van der Waals surface area contributed by atoms with Gasteiger partial charge >= 0.3 is 0 Å². The van der Waals surface area contributed by atoms with Gasteiger partial charge in [-0.2, -0.15) is 0 Å². The fraction of sp³-hybridized carbons (Fsp3) is 0.667. The molecule has 0 bridgehead atoms. The van der Waals surface area contributed by atoms with Gasteiger partial charge in [-0.25, -0.2) is 15.8 Å². The van der Waals surface area contributed by atoms with E-state index >= 15 is 0 Å². The number of rotatable bonds is 6. The van der Waals surface area contributed by atoms with Gasteiger partial charge < -0.3 is 15.8 Å². The summed E-state index contributed by atoms with van der Waals surface area (Å²) in [5, 5.41) is 13.1. The maximum atomic E-state index is 9.94. The molecule has 1 heterocycles. The van der Waals surface area contributed by atoms with Crippen LogP contribution in [0.2, 0.25) is 0 Å². The third-order valence-electron chi connectivity index (χ3n) is 2.82. The molecule has 0 saturated heterocycles. The molecule has 1 unspecified atom stereocenters. The second kappa shape index (κ2) is 5.97. The first-order valence-corrected chi connectivity index (χ1v) is 6.20. The van der Waals surface area contributed by atoms with Gasteiger partial charge in [0, 0.05) is 18.5 Å². The van der Waals surface area contributed by atoms with Gasteiger partial charge in [0.05, 0.1) is 5.60 Å². The Morgan fingerprint density at radius 1 is 1.39 bits per heavy atom. The highest BCUT2D eigenvalue weighted by atomic mass is 16.3. The predicted octanol–water partition coefficient (Wildman–Crippen LogP) is 1.46. The Hall–Kier alpha value is -1.40. The summed E-state index contributed by atoms with van der Waals surface area (Å²) in [5.74, 6) is 7.53. The second-order valence-corrected chi connectivity index (χ2v) is 5.00. The van der Waals surface area contributed by atoms with E-state index in [4.69, 9.17) is 5.84 Å². The normalized spacial score (nSPS) is 14.4. The van der Waals surface area contributed by atoms with E-state index in [1.165, 1.54) is 0 Å². The van der Waals surface area contributed by atoms with Crippen LogP contribution in [0.5, 0.6) is 0 Å². The van der Waals surface area contributed by atoms with Crippen molar-refractivity contribution >= 4 is 11.6 Å². The molecule has 1 rings (SSSR count). The number of nitrogens with zero attached hydrogens (tertiary/aromatic N) is 2. The highest BCUT2D eigenvalue weighted by molar-refractivity contribution is 5.47. The van der Waals surface area contributed by atoms with Crippen LogP contribution in [0.1, 0.15) is 45.9 Å². The first kappa shape index (κ1) is 14.7. The Kier molecular flexibility index (Phi) is 4.86. The molecule has 0 saturated carbocycles. The summed E-state index contributed by atoms with van der Waals surface area (Å²) in [5.41, 5.74) is 1.77.